The van der Waals surface area contributed by atoms with Crippen molar-refractivity contribution in [1.29, 1.82) is 0 Å². The van der Waals surface area contributed by atoms with Gasteiger partial charge in [-0.25, -0.2) is 0 Å². The number of nitrogens with zero attached hydrogens (tertiary/aromatic N) is 2. The highest BCUT2D eigenvalue weighted by Gasteiger charge is 2.02. The van der Waals surface area contributed by atoms with Gasteiger partial charge in [-0.15, -0.1) is 0 Å². The van der Waals surface area contributed by atoms with Crippen LogP contribution in [0.2, 0.25) is 0 Å². The Morgan fingerprint density at radius 1 is 1.09 bits per heavy atom. The smallest absolute Gasteiger partial charge is 0.191 e. The van der Waals surface area contributed by atoms with Crippen LogP contribution in [-0.4, -0.2) is 51.3 Å². The van der Waals surface area contributed by atoms with E-state index >= 15 is 0 Å². The zero-order valence-corrected chi connectivity index (χ0v) is 14.4. The van der Waals surface area contributed by atoms with Gasteiger partial charge >= 0.3 is 0 Å². The molecule has 1 aromatic carbocycles. The largest absolute Gasteiger partial charge is 0.383 e. The second-order valence-corrected chi connectivity index (χ2v) is 5.12. The summed E-state index contributed by atoms with van der Waals surface area (Å²) in [5.41, 5.74) is 2.60. The van der Waals surface area contributed by atoms with E-state index in [2.05, 4.69) is 58.6 Å². The Morgan fingerprint density at radius 2 is 1.73 bits per heavy atom. The minimum Gasteiger partial charge on any atom is -0.383 e. The zero-order chi connectivity index (χ0) is 16.2. The highest BCUT2D eigenvalue weighted by Crippen LogP contribution is 2.07. The lowest BCUT2D eigenvalue weighted by Crippen LogP contribution is -2.38. The van der Waals surface area contributed by atoms with Gasteiger partial charge in [0.2, 0.25) is 0 Å². The molecule has 1 rings (SSSR count). The van der Waals surface area contributed by atoms with Crippen molar-refractivity contribution < 1.29 is 4.74 Å². The summed E-state index contributed by atoms with van der Waals surface area (Å²) in [6.07, 6.45) is 0. The second kappa shape index (κ2) is 11.0. The maximum Gasteiger partial charge on any atom is 0.191 e. The first-order valence-electron chi connectivity index (χ1n) is 7.97. The number of guanidine groups is 1. The minimum atomic E-state index is 0.667. The van der Waals surface area contributed by atoms with Crippen LogP contribution in [0.1, 0.15) is 25.0 Å². The number of benzene rings is 1. The average molecular weight is 306 g/mol. The van der Waals surface area contributed by atoms with Gasteiger partial charge in [0.1, 0.15) is 0 Å². The first-order chi connectivity index (χ1) is 10.7. The Bertz CT molecular complexity index is 427. The average Bonchev–Trinajstić information content (AvgIpc) is 2.57. The fourth-order valence-electron chi connectivity index (χ4n) is 2.15. The molecule has 1 aromatic rings. The summed E-state index contributed by atoms with van der Waals surface area (Å²) >= 11 is 0. The van der Waals surface area contributed by atoms with Gasteiger partial charge in [0.25, 0.3) is 0 Å². The predicted octanol–water partition coefficient (Wildman–Crippen LogP) is 1.84. The van der Waals surface area contributed by atoms with Crippen LogP contribution in [0.4, 0.5) is 0 Å². The maximum atomic E-state index is 5.01. The molecule has 0 aliphatic carbocycles. The lowest BCUT2D eigenvalue weighted by atomic mass is 10.1. The molecule has 2 N–H and O–H groups in total. The van der Waals surface area contributed by atoms with E-state index in [-0.39, 0.29) is 0 Å². The van der Waals surface area contributed by atoms with Crippen molar-refractivity contribution >= 4 is 5.96 Å². The van der Waals surface area contributed by atoms with E-state index in [9.17, 15) is 0 Å². The molecule has 0 saturated carbocycles. The molecule has 0 saturated heterocycles. The van der Waals surface area contributed by atoms with Crippen molar-refractivity contribution in [2.24, 2.45) is 4.99 Å². The SMILES string of the molecule is CCN(CC)Cc1ccc(CNC(=NC)NCCOC)cc1. The van der Waals surface area contributed by atoms with E-state index in [0.29, 0.717) is 6.61 Å². The normalized spacial score (nSPS) is 11.8. The van der Waals surface area contributed by atoms with Gasteiger partial charge in [-0.1, -0.05) is 38.1 Å². The standard InChI is InChI=1S/C17H30N4O/c1-5-21(6-2)14-16-9-7-15(8-10-16)13-20-17(18-3)19-11-12-22-4/h7-10H,5-6,11-14H2,1-4H3,(H2,18,19,20). The van der Waals surface area contributed by atoms with Crippen molar-refractivity contribution in [3.05, 3.63) is 35.4 Å². The number of hydrogen-bond donors (Lipinski definition) is 2. The predicted molar refractivity (Wildman–Crippen MR) is 93.1 cm³/mol. The number of hydrogen-bond acceptors (Lipinski definition) is 3. The van der Waals surface area contributed by atoms with Crippen molar-refractivity contribution in [2.75, 3.05) is 40.4 Å². The second-order valence-electron chi connectivity index (χ2n) is 5.12. The fourth-order valence-corrected chi connectivity index (χ4v) is 2.15. The summed E-state index contributed by atoms with van der Waals surface area (Å²) in [5, 5.41) is 6.50. The Hall–Kier alpha value is -1.59. The molecule has 0 heterocycles. The Morgan fingerprint density at radius 3 is 2.27 bits per heavy atom. The first-order valence-corrected chi connectivity index (χ1v) is 7.97. The summed E-state index contributed by atoms with van der Waals surface area (Å²) in [5.74, 6) is 0.796. The van der Waals surface area contributed by atoms with Gasteiger partial charge in [-0.3, -0.25) is 9.89 Å². The molecule has 0 amide bonds. The molecular formula is C17H30N4O. The highest BCUT2D eigenvalue weighted by atomic mass is 16.5. The van der Waals surface area contributed by atoms with Crippen molar-refractivity contribution in [2.45, 2.75) is 26.9 Å². The third-order valence-corrected chi connectivity index (χ3v) is 3.61. The van der Waals surface area contributed by atoms with Crippen LogP contribution in [0.5, 0.6) is 0 Å². The Balaban J connectivity index is 2.43. The number of nitrogens with one attached hydrogen (secondary N) is 2. The molecular weight excluding hydrogens is 276 g/mol. The fraction of sp³-hybridized carbons (Fsp3) is 0.588. The van der Waals surface area contributed by atoms with Gasteiger partial charge < -0.3 is 15.4 Å². The first kappa shape index (κ1) is 18.5. The van der Waals surface area contributed by atoms with Crippen LogP contribution in [-0.2, 0) is 17.8 Å². The van der Waals surface area contributed by atoms with Gasteiger partial charge in [0, 0.05) is 33.8 Å². The highest BCUT2D eigenvalue weighted by molar-refractivity contribution is 5.79. The summed E-state index contributed by atoms with van der Waals surface area (Å²) in [6, 6.07) is 8.76. The lowest BCUT2D eigenvalue weighted by molar-refractivity contribution is 0.203. The van der Waals surface area contributed by atoms with Gasteiger partial charge in [0.15, 0.2) is 5.96 Å². The molecule has 0 aliphatic rings. The van der Waals surface area contributed by atoms with E-state index in [1.54, 1.807) is 14.2 Å². The van der Waals surface area contributed by atoms with Gasteiger partial charge in [0.05, 0.1) is 6.61 Å². The van der Waals surface area contributed by atoms with E-state index in [1.807, 2.05) is 0 Å². The van der Waals surface area contributed by atoms with Crippen molar-refractivity contribution in [3.8, 4) is 0 Å². The molecule has 0 aromatic heterocycles. The van der Waals surface area contributed by atoms with Crippen molar-refractivity contribution in [3.63, 3.8) is 0 Å². The van der Waals surface area contributed by atoms with Crippen LogP contribution in [0.15, 0.2) is 29.3 Å². The van der Waals surface area contributed by atoms with Crippen LogP contribution in [0.3, 0.4) is 0 Å². The third-order valence-electron chi connectivity index (χ3n) is 3.61. The topological polar surface area (TPSA) is 48.9 Å². The molecule has 5 nitrogen and oxygen atoms in total. The number of methoxy groups -OCH3 is 1. The molecule has 5 heteroatoms. The lowest BCUT2D eigenvalue weighted by Gasteiger charge is -2.18. The minimum absolute atomic E-state index is 0.667. The molecule has 124 valence electrons. The van der Waals surface area contributed by atoms with Gasteiger partial charge in [-0.05, 0) is 24.2 Å². The maximum absolute atomic E-state index is 5.01. The van der Waals surface area contributed by atoms with Gasteiger partial charge in [-0.2, -0.15) is 0 Å². The van der Waals surface area contributed by atoms with Crippen LogP contribution in [0.25, 0.3) is 0 Å². The summed E-state index contributed by atoms with van der Waals surface area (Å²) in [4.78, 5) is 6.60. The molecule has 0 fully saturated rings. The molecule has 0 radical (unpaired) electrons. The quantitative estimate of drug-likeness (QED) is 0.415. The zero-order valence-electron chi connectivity index (χ0n) is 14.4. The van der Waals surface area contributed by atoms with Crippen LogP contribution >= 0.6 is 0 Å². The molecule has 0 unspecified atom stereocenters. The monoisotopic (exact) mass is 306 g/mol. The molecule has 0 aliphatic heterocycles. The summed E-state index contributed by atoms with van der Waals surface area (Å²) in [7, 11) is 3.47. The van der Waals surface area contributed by atoms with E-state index in [0.717, 1.165) is 38.7 Å². The van der Waals surface area contributed by atoms with E-state index in [1.165, 1.54) is 11.1 Å². The van der Waals surface area contributed by atoms with Crippen molar-refractivity contribution in [1.82, 2.24) is 15.5 Å². The summed E-state index contributed by atoms with van der Waals surface area (Å²) < 4.78 is 5.01. The Labute approximate surface area is 134 Å². The Kier molecular flexibility index (Phi) is 9.26. The van der Waals surface area contributed by atoms with Crippen LogP contribution in [0, 0.1) is 0 Å². The molecule has 0 atom stereocenters. The number of ether oxygens (including phenoxy) is 1. The molecule has 0 spiro atoms. The third kappa shape index (κ3) is 6.91. The molecule has 22 heavy (non-hydrogen) atoms. The van der Waals surface area contributed by atoms with Crippen LogP contribution < -0.4 is 10.6 Å². The molecule has 0 bridgehead atoms. The summed E-state index contributed by atoms with van der Waals surface area (Å²) in [6.45, 7) is 9.76. The van der Waals surface area contributed by atoms with E-state index in [4.69, 9.17) is 4.74 Å². The van der Waals surface area contributed by atoms with E-state index < -0.39 is 0 Å². The number of rotatable bonds is 9. The number of aliphatic imine (C=N–C) groups is 1.